The van der Waals surface area contributed by atoms with Crippen LogP contribution in [-0.4, -0.2) is 34.8 Å². The van der Waals surface area contributed by atoms with Crippen molar-refractivity contribution >= 4 is 29.2 Å². The zero-order valence-electron chi connectivity index (χ0n) is 19.8. The maximum atomic E-state index is 13.6. The number of carbonyl (C=O) groups excluding carboxylic acids is 2. The lowest BCUT2D eigenvalue weighted by atomic mass is 9.71. The van der Waals surface area contributed by atoms with Gasteiger partial charge in [-0.3, -0.25) is 14.9 Å². The van der Waals surface area contributed by atoms with Crippen molar-refractivity contribution in [2.24, 2.45) is 0 Å². The molecule has 0 saturated carbocycles. The molecule has 4 rings (SSSR count). The molecule has 0 fully saturated rings. The van der Waals surface area contributed by atoms with Gasteiger partial charge in [0.05, 0.1) is 10.5 Å². The van der Waals surface area contributed by atoms with Crippen LogP contribution in [0.15, 0.2) is 77.1 Å². The number of nitro benzene ring substituents is 1. The van der Waals surface area contributed by atoms with Gasteiger partial charge >= 0.3 is 5.97 Å². The molecule has 2 aliphatic rings. The van der Waals surface area contributed by atoms with Crippen LogP contribution in [0.1, 0.15) is 49.7 Å². The molecular formula is C27H28N2O5S. The monoisotopic (exact) mass is 492 g/mol. The molecule has 2 aromatic rings. The van der Waals surface area contributed by atoms with Crippen LogP contribution >= 0.6 is 11.8 Å². The lowest BCUT2D eigenvalue weighted by Crippen LogP contribution is -2.36. The van der Waals surface area contributed by atoms with Crippen molar-refractivity contribution in [3.8, 4) is 0 Å². The number of hydrogen-bond acceptors (Lipinski definition) is 7. The third kappa shape index (κ3) is 5.32. The van der Waals surface area contributed by atoms with E-state index in [9.17, 15) is 19.7 Å². The first kappa shape index (κ1) is 24.7. The Labute approximate surface area is 208 Å². The van der Waals surface area contributed by atoms with E-state index in [0.717, 1.165) is 17.0 Å². The minimum atomic E-state index is -0.721. The molecule has 1 heterocycles. The van der Waals surface area contributed by atoms with Gasteiger partial charge in [0, 0.05) is 47.2 Å². The molecule has 0 spiro atoms. The van der Waals surface area contributed by atoms with Gasteiger partial charge in [-0.1, -0.05) is 49.4 Å². The second-order valence-electron chi connectivity index (χ2n) is 8.61. The number of esters is 1. The summed E-state index contributed by atoms with van der Waals surface area (Å²) in [5, 5.41) is 14.8. The zero-order valence-corrected chi connectivity index (χ0v) is 20.6. The van der Waals surface area contributed by atoms with Crippen LogP contribution < -0.4 is 5.32 Å². The fourth-order valence-electron chi connectivity index (χ4n) is 4.84. The molecule has 0 saturated heterocycles. The van der Waals surface area contributed by atoms with Gasteiger partial charge in [0.15, 0.2) is 5.78 Å². The Balaban J connectivity index is 1.75. The number of hydrogen-bond donors (Lipinski definition) is 1. The predicted octanol–water partition coefficient (Wildman–Crippen LogP) is 5.25. The van der Waals surface area contributed by atoms with Crippen molar-refractivity contribution in [3.05, 3.63) is 98.4 Å². The van der Waals surface area contributed by atoms with E-state index < -0.39 is 16.8 Å². The lowest BCUT2D eigenvalue weighted by Gasteiger charge is -2.36. The quantitative estimate of drug-likeness (QED) is 0.232. The van der Waals surface area contributed by atoms with Gasteiger partial charge in [0.25, 0.3) is 5.69 Å². The van der Waals surface area contributed by atoms with Crippen molar-refractivity contribution < 1.29 is 19.2 Å². The number of allylic oxidation sites excluding steroid dienone is 3. The topological polar surface area (TPSA) is 98.5 Å². The molecule has 1 aliphatic carbocycles. The van der Waals surface area contributed by atoms with Gasteiger partial charge in [-0.2, -0.15) is 11.8 Å². The average Bonchev–Trinajstić information content (AvgIpc) is 2.86. The van der Waals surface area contributed by atoms with Crippen LogP contribution in [0.25, 0.3) is 0 Å². The minimum Gasteiger partial charge on any atom is -0.461 e. The smallest absolute Gasteiger partial charge is 0.336 e. The number of dihydropyridines is 1. The van der Waals surface area contributed by atoms with Gasteiger partial charge in [-0.05, 0) is 36.1 Å². The maximum absolute atomic E-state index is 13.6. The lowest BCUT2D eigenvalue weighted by molar-refractivity contribution is -0.384. The number of nitrogens with one attached hydrogen (secondary N) is 1. The van der Waals surface area contributed by atoms with Crippen LogP contribution in [-0.2, 0) is 14.3 Å². The second kappa shape index (κ2) is 10.9. The third-order valence-corrected chi connectivity index (χ3v) is 7.26. The number of ether oxygens (including phenoxy) is 1. The number of rotatable bonds is 8. The molecule has 0 aromatic heterocycles. The molecule has 0 radical (unpaired) electrons. The summed E-state index contributed by atoms with van der Waals surface area (Å²) in [5.41, 5.74) is 3.74. The van der Waals surface area contributed by atoms with Gasteiger partial charge in [-0.15, -0.1) is 0 Å². The van der Waals surface area contributed by atoms with Gasteiger partial charge in [0.2, 0.25) is 0 Å². The first-order valence-electron chi connectivity index (χ1n) is 11.7. The van der Waals surface area contributed by atoms with Crippen LogP contribution in [0.3, 0.4) is 0 Å². The summed E-state index contributed by atoms with van der Waals surface area (Å²) < 4.78 is 5.56. The first-order valence-corrected chi connectivity index (χ1v) is 12.8. The normalized spacial score (nSPS) is 19.8. The highest BCUT2D eigenvalue weighted by Crippen LogP contribution is 2.46. The van der Waals surface area contributed by atoms with E-state index in [1.54, 1.807) is 30.8 Å². The van der Waals surface area contributed by atoms with E-state index in [1.165, 1.54) is 12.1 Å². The number of nitro groups is 1. The van der Waals surface area contributed by atoms with Gasteiger partial charge in [0.1, 0.15) is 6.61 Å². The standard InChI is InChI=1S/C27H28N2O5S/c1-3-35-13-12-34-27(31)24-17(2)28-22-15-20(18-8-5-4-6-9-18)16-23(30)26(22)25(24)19-10-7-11-21(14-19)29(32)33/h4-11,14,20,25,28H,3,12-13,15-16H2,1-2H3/t20-,25-/m1/s1. The number of non-ortho nitro benzene ring substituents is 1. The van der Waals surface area contributed by atoms with Crippen LogP contribution in [0, 0.1) is 10.1 Å². The molecular weight excluding hydrogens is 464 g/mol. The van der Waals surface area contributed by atoms with Crippen molar-refractivity contribution in [1.29, 1.82) is 0 Å². The van der Waals surface area contributed by atoms with Gasteiger partial charge < -0.3 is 10.1 Å². The molecule has 0 amide bonds. The van der Waals surface area contributed by atoms with Crippen LogP contribution in [0.4, 0.5) is 5.69 Å². The fraction of sp³-hybridized carbons (Fsp3) is 0.333. The molecule has 8 heteroatoms. The first-order chi connectivity index (χ1) is 16.9. The summed E-state index contributed by atoms with van der Waals surface area (Å²) in [6, 6.07) is 16.1. The van der Waals surface area contributed by atoms with Crippen molar-refractivity contribution in [2.75, 3.05) is 18.1 Å². The number of carbonyl (C=O) groups is 2. The molecule has 2 aromatic carbocycles. The molecule has 2 atom stereocenters. The highest BCUT2D eigenvalue weighted by Gasteiger charge is 2.41. The van der Waals surface area contributed by atoms with Gasteiger partial charge in [-0.25, -0.2) is 4.79 Å². The Morgan fingerprint density at radius 1 is 1.14 bits per heavy atom. The maximum Gasteiger partial charge on any atom is 0.336 e. The van der Waals surface area contributed by atoms with E-state index in [1.807, 2.05) is 37.3 Å². The molecule has 1 N–H and O–H groups in total. The molecule has 7 nitrogen and oxygen atoms in total. The molecule has 35 heavy (non-hydrogen) atoms. The van der Waals surface area contributed by atoms with Crippen molar-refractivity contribution in [1.82, 2.24) is 5.32 Å². The average molecular weight is 493 g/mol. The SMILES string of the molecule is CCSCCOC(=O)C1=C(C)NC2=C(C(=O)C[C@H](c3ccccc3)C2)[C@@H]1c1cccc([N+](=O)[O-])c1. The predicted molar refractivity (Wildman–Crippen MR) is 136 cm³/mol. The Morgan fingerprint density at radius 2 is 1.89 bits per heavy atom. The Hall–Kier alpha value is -3.39. The summed E-state index contributed by atoms with van der Waals surface area (Å²) in [6.45, 7) is 4.09. The third-order valence-electron chi connectivity index (χ3n) is 6.40. The van der Waals surface area contributed by atoms with E-state index in [0.29, 0.717) is 41.0 Å². The van der Waals surface area contributed by atoms with Crippen LogP contribution in [0.2, 0.25) is 0 Å². The Morgan fingerprint density at radius 3 is 2.60 bits per heavy atom. The minimum absolute atomic E-state index is 0.0214. The molecule has 0 bridgehead atoms. The summed E-state index contributed by atoms with van der Waals surface area (Å²) in [4.78, 5) is 37.8. The zero-order chi connectivity index (χ0) is 24.9. The Bertz CT molecular complexity index is 1210. The number of nitrogens with zero attached hydrogens (tertiary/aromatic N) is 1. The molecule has 182 valence electrons. The number of Topliss-reactive ketones (excluding diaryl/α,β-unsaturated/α-hetero) is 1. The summed E-state index contributed by atoms with van der Waals surface area (Å²) in [6.07, 6.45) is 0.924. The van der Waals surface area contributed by atoms with E-state index >= 15 is 0 Å². The van der Waals surface area contributed by atoms with E-state index in [2.05, 4.69) is 5.32 Å². The highest BCUT2D eigenvalue weighted by molar-refractivity contribution is 7.99. The Kier molecular flexibility index (Phi) is 7.70. The molecule has 0 unspecified atom stereocenters. The summed E-state index contributed by atoms with van der Waals surface area (Å²) in [5.74, 6) is 0.325. The number of benzene rings is 2. The van der Waals surface area contributed by atoms with Crippen LogP contribution in [0.5, 0.6) is 0 Å². The van der Waals surface area contributed by atoms with Crippen molar-refractivity contribution in [3.63, 3.8) is 0 Å². The fourth-order valence-corrected chi connectivity index (χ4v) is 5.33. The summed E-state index contributed by atoms with van der Waals surface area (Å²) >= 11 is 1.67. The largest absolute Gasteiger partial charge is 0.461 e. The number of ketones is 1. The summed E-state index contributed by atoms with van der Waals surface area (Å²) in [7, 11) is 0. The molecule has 1 aliphatic heterocycles. The number of thioether (sulfide) groups is 1. The van der Waals surface area contributed by atoms with E-state index in [-0.39, 0.29) is 24.0 Å². The van der Waals surface area contributed by atoms with Crippen molar-refractivity contribution in [2.45, 2.75) is 38.5 Å². The second-order valence-corrected chi connectivity index (χ2v) is 10.0. The van der Waals surface area contributed by atoms with E-state index in [4.69, 9.17) is 4.74 Å². The highest BCUT2D eigenvalue weighted by atomic mass is 32.2.